The fraction of sp³-hybridized carbons (Fsp3) is 0.0217. The van der Waals surface area contributed by atoms with Crippen LogP contribution < -0.4 is 5.32 Å². The number of pyridine rings is 1. The zero-order valence-corrected chi connectivity index (χ0v) is 27.7. The quantitative estimate of drug-likeness (QED) is 0.202. The number of aromatic nitrogens is 1. The third-order valence-electron chi connectivity index (χ3n) is 10.2. The predicted octanol–water partition coefficient (Wildman–Crippen LogP) is 11.3. The van der Waals surface area contributed by atoms with E-state index in [4.69, 9.17) is 18.8 Å². The van der Waals surface area contributed by atoms with E-state index < -0.39 is 0 Å². The van der Waals surface area contributed by atoms with Gasteiger partial charge in [0.2, 0.25) is 0 Å². The number of benzene rings is 7. The lowest BCUT2D eigenvalue weighted by molar-refractivity contribution is 0.662. The molecule has 1 N–H and O–H groups in total. The summed E-state index contributed by atoms with van der Waals surface area (Å²) in [5.74, 6) is 1.44. The van der Waals surface area contributed by atoms with Crippen molar-refractivity contribution in [3.8, 4) is 11.1 Å². The van der Waals surface area contributed by atoms with E-state index in [1.807, 2.05) is 73.1 Å². The molecule has 52 heavy (non-hydrogen) atoms. The second-order valence-corrected chi connectivity index (χ2v) is 13.2. The Bertz CT molecular complexity index is 3120. The van der Waals surface area contributed by atoms with Crippen molar-refractivity contribution in [1.82, 2.24) is 10.3 Å². The lowest BCUT2D eigenvalue weighted by atomic mass is 9.93. The van der Waals surface area contributed by atoms with E-state index in [2.05, 4.69) is 95.2 Å². The molecule has 6 nitrogen and oxygen atoms in total. The van der Waals surface area contributed by atoms with Gasteiger partial charge in [0.25, 0.3) is 0 Å². The highest BCUT2D eigenvalue weighted by atomic mass is 16.3. The molecule has 0 aliphatic carbocycles. The predicted molar refractivity (Wildman–Crippen MR) is 211 cm³/mol. The molecule has 3 aromatic heterocycles. The first kappa shape index (κ1) is 28.8. The van der Waals surface area contributed by atoms with Crippen LogP contribution in [-0.2, 0) is 0 Å². The molecule has 0 spiro atoms. The normalized spacial score (nSPS) is 14.7. The first-order valence-electron chi connectivity index (χ1n) is 17.4. The Morgan fingerprint density at radius 2 is 1.29 bits per heavy atom. The molecule has 0 radical (unpaired) electrons. The van der Waals surface area contributed by atoms with Crippen LogP contribution in [0.5, 0.6) is 0 Å². The molecule has 7 aromatic carbocycles. The lowest BCUT2D eigenvalue weighted by Crippen LogP contribution is -2.33. The minimum atomic E-state index is -0.382. The van der Waals surface area contributed by atoms with E-state index in [1.165, 1.54) is 0 Å². The van der Waals surface area contributed by atoms with Gasteiger partial charge in [-0.15, -0.1) is 0 Å². The highest BCUT2D eigenvalue weighted by molar-refractivity contribution is 6.19. The number of fused-ring (bicyclic) bond motifs is 8. The molecule has 10 aromatic rings. The van der Waals surface area contributed by atoms with Crippen LogP contribution in [0.1, 0.15) is 22.9 Å². The molecule has 11 rings (SSSR count). The number of amidine groups is 2. The zero-order chi connectivity index (χ0) is 34.2. The standard InChI is InChI=1S/C46H28N4O2/c1-2-9-27(10-3-1)44-48-45(50-46(49-44)36-15-8-18-40-43(36)35-12-4-5-16-38(35)51-40)30-19-20-32-29(23-30)11-6-13-33(32)34-14-7-17-39-42(34)37-24-31-26-47-22-21-28(31)25-41(37)52-39/h1-26,46H,(H,48,49,50). The van der Waals surface area contributed by atoms with Crippen molar-refractivity contribution < 1.29 is 8.83 Å². The van der Waals surface area contributed by atoms with E-state index in [1.54, 1.807) is 0 Å². The number of nitrogens with one attached hydrogen (secondary N) is 1. The largest absolute Gasteiger partial charge is 0.456 e. The van der Waals surface area contributed by atoms with E-state index in [-0.39, 0.29) is 6.17 Å². The molecule has 1 atom stereocenters. The number of para-hydroxylation sites is 1. The maximum Gasteiger partial charge on any atom is 0.159 e. The van der Waals surface area contributed by atoms with Gasteiger partial charge in [0.1, 0.15) is 34.3 Å². The minimum Gasteiger partial charge on any atom is -0.456 e. The van der Waals surface area contributed by atoms with Crippen LogP contribution in [0.3, 0.4) is 0 Å². The zero-order valence-electron chi connectivity index (χ0n) is 27.7. The van der Waals surface area contributed by atoms with Gasteiger partial charge in [-0.25, -0.2) is 9.98 Å². The third-order valence-corrected chi connectivity index (χ3v) is 10.2. The summed E-state index contributed by atoms with van der Waals surface area (Å²) in [4.78, 5) is 14.7. The van der Waals surface area contributed by atoms with Crippen LogP contribution in [0.2, 0.25) is 0 Å². The number of hydrogen-bond acceptors (Lipinski definition) is 6. The Morgan fingerprint density at radius 3 is 2.23 bits per heavy atom. The number of aliphatic imine (C=N–C) groups is 2. The Morgan fingerprint density at radius 1 is 0.500 bits per heavy atom. The molecule has 4 heterocycles. The van der Waals surface area contributed by atoms with Gasteiger partial charge in [0.15, 0.2) is 5.84 Å². The lowest BCUT2D eigenvalue weighted by Gasteiger charge is -2.24. The first-order valence-corrected chi connectivity index (χ1v) is 17.4. The van der Waals surface area contributed by atoms with Crippen LogP contribution in [0.25, 0.3) is 76.5 Å². The van der Waals surface area contributed by atoms with E-state index in [0.29, 0.717) is 5.84 Å². The number of rotatable bonds is 4. The average Bonchev–Trinajstić information content (AvgIpc) is 3.77. The molecule has 0 saturated carbocycles. The van der Waals surface area contributed by atoms with Crippen LogP contribution in [-0.4, -0.2) is 16.7 Å². The van der Waals surface area contributed by atoms with Crippen LogP contribution in [0.4, 0.5) is 0 Å². The fourth-order valence-electron chi connectivity index (χ4n) is 7.80. The maximum absolute atomic E-state index is 6.41. The fourth-order valence-corrected chi connectivity index (χ4v) is 7.80. The smallest absolute Gasteiger partial charge is 0.159 e. The summed E-state index contributed by atoms with van der Waals surface area (Å²) in [5, 5.41) is 12.5. The van der Waals surface area contributed by atoms with E-state index in [9.17, 15) is 0 Å². The second-order valence-electron chi connectivity index (χ2n) is 13.2. The SMILES string of the molecule is c1ccc(C2=NC(c3cccc4oc5ccccc5c34)NC(c3ccc4c(-c5cccc6oc7cc8ccncc8cc7c56)cccc4c3)=N2)cc1. The second kappa shape index (κ2) is 11.2. The van der Waals surface area contributed by atoms with Gasteiger partial charge in [-0.05, 0) is 69.8 Å². The molecule has 0 amide bonds. The van der Waals surface area contributed by atoms with Crippen molar-refractivity contribution in [3.63, 3.8) is 0 Å². The van der Waals surface area contributed by atoms with E-state index >= 15 is 0 Å². The molecule has 0 saturated heterocycles. The molecule has 1 unspecified atom stereocenters. The minimum absolute atomic E-state index is 0.382. The molecule has 0 fully saturated rings. The van der Waals surface area contributed by atoms with Crippen LogP contribution >= 0.6 is 0 Å². The Hall–Kier alpha value is -7.05. The summed E-state index contributed by atoms with van der Waals surface area (Å²) in [6.07, 6.45) is 3.35. The third kappa shape index (κ3) is 4.48. The number of hydrogen-bond donors (Lipinski definition) is 1. The molecule has 0 bridgehead atoms. The molecule has 1 aliphatic rings. The van der Waals surface area contributed by atoms with Gasteiger partial charge in [-0.2, -0.15) is 0 Å². The Kier molecular flexibility index (Phi) is 6.21. The Labute approximate surface area is 297 Å². The van der Waals surface area contributed by atoms with Crippen LogP contribution in [0.15, 0.2) is 177 Å². The Balaban J connectivity index is 1.05. The van der Waals surface area contributed by atoms with Crippen LogP contribution in [0, 0.1) is 0 Å². The summed E-state index contributed by atoms with van der Waals surface area (Å²) in [5.41, 5.74) is 8.68. The molecule has 244 valence electrons. The van der Waals surface area contributed by atoms with Gasteiger partial charge in [0.05, 0.1) is 0 Å². The van der Waals surface area contributed by atoms with Crippen molar-refractivity contribution in [2.75, 3.05) is 0 Å². The van der Waals surface area contributed by atoms with Crippen molar-refractivity contribution in [3.05, 3.63) is 175 Å². The molecule has 1 aliphatic heterocycles. The van der Waals surface area contributed by atoms with Gasteiger partial charge in [-0.3, -0.25) is 4.98 Å². The number of nitrogens with zero attached hydrogens (tertiary/aromatic N) is 3. The van der Waals surface area contributed by atoms with Gasteiger partial charge in [-0.1, -0.05) is 103 Å². The number of furan rings is 2. The topological polar surface area (TPSA) is 75.9 Å². The van der Waals surface area contributed by atoms with E-state index in [0.717, 1.165) is 99.1 Å². The first-order chi connectivity index (χ1) is 25.7. The van der Waals surface area contributed by atoms with Crippen molar-refractivity contribution in [2.24, 2.45) is 9.98 Å². The highest BCUT2D eigenvalue weighted by Crippen LogP contribution is 2.41. The summed E-state index contributed by atoms with van der Waals surface area (Å²) in [7, 11) is 0. The summed E-state index contributed by atoms with van der Waals surface area (Å²) in [6, 6.07) is 50.2. The molecular formula is C46H28N4O2. The molecule has 6 heteroatoms. The van der Waals surface area contributed by atoms with Crippen molar-refractivity contribution in [1.29, 1.82) is 0 Å². The molecular weight excluding hydrogens is 641 g/mol. The van der Waals surface area contributed by atoms with Crippen molar-refractivity contribution >= 4 is 77.1 Å². The summed E-state index contributed by atoms with van der Waals surface area (Å²) < 4.78 is 12.7. The average molecular weight is 669 g/mol. The maximum atomic E-state index is 6.41. The highest BCUT2D eigenvalue weighted by Gasteiger charge is 2.25. The van der Waals surface area contributed by atoms with Gasteiger partial charge < -0.3 is 14.2 Å². The summed E-state index contributed by atoms with van der Waals surface area (Å²) >= 11 is 0. The van der Waals surface area contributed by atoms with Gasteiger partial charge in [0, 0.05) is 56.0 Å². The summed E-state index contributed by atoms with van der Waals surface area (Å²) in [6.45, 7) is 0. The van der Waals surface area contributed by atoms with Crippen molar-refractivity contribution in [2.45, 2.75) is 6.17 Å². The van der Waals surface area contributed by atoms with Gasteiger partial charge >= 0.3 is 0 Å². The monoisotopic (exact) mass is 668 g/mol.